The van der Waals surface area contributed by atoms with Gasteiger partial charge < -0.3 is 14.8 Å². The number of methoxy groups -OCH3 is 1. The molecule has 1 aromatic carbocycles. The average Bonchev–Trinajstić information content (AvgIpc) is 2.61. The largest absolute Gasteiger partial charge is 0.474 e. The maximum absolute atomic E-state index is 12.8. The molecule has 5 nitrogen and oxygen atoms in total. The summed E-state index contributed by atoms with van der Waals surface area (Å²) in [5, 5.41) is 2.65. The number of hydrogen-bond donors (Lipinski definition) is 1. The lowest BCUT2D eigenvalue weighted by Crippen LogP contribution is -2.12. The van der Waals surface area contributed by atoms with E-state index in [-0.39, 0.29) is 23.1 Å². The van der Waals surface area contributed by atoms with E-state index in [0.29, 0.717) is 12.3 Å². The first kappa shape index (κ1) is 20.7. The Labute approximate surface area is 158 Å². The van der Waals surface area contributed by atoms with Crippen LogP contribution in [0.1, 0.15) is 11.1 Å². The van der Waals surface area contributed by atoms with Gasteiger partial charge in [0.25, 0.3) is 0 Å². The maximum atomic E-state index is 12.8. The number of rotatable bonds is 7. The second-order valence-electron chi connectivity index (χ2n) is 5.25. The summed E-state index contributed by atoms with van der Waals surface area (Å²) in [5.41, 5.74) is -0.462. The summed E-state index contributed by atoms with van der Waals surface area (Å²) in [4.78, 5) is 16.1. The van der Waals surface area contributed by atoms with Crippen molar-refractivity contribution >= 4 is 29.3 Å². The Morgan fingerprint density at radius 2 is 2.07 bits per heavy atom. The molecule has 2 rings (SSSR count). The highest BCUT2D eigenvalue weighted by Crippen LogP contribution is 2.32. The van der Waals surface area contributed by atoms with Crippen LogP contribution in [0.5, 0.6) is 5.88 Å². The van der Waals surface area contributed by atoms with E-state index in [1.165, 1.54) is 19.4 Å². The van der Waals surface area contributed by atoms with E-state index in [0.717, 1.165) is 24.3 Å². The molecule has 0 spiro atoms. The molecular formula is C18H16ClF3N2O3. The molecule has 0 aliphatic rings. The molecule has 1 aromatic heterocycles. The predicted octanol–water partition coefficient (Wildman–Crippen LogP) is 4.43. The fourth-order valence-electron chi connectivity index (χ4n) is 2.01. The highest BCUT2D eigenvalue weighted by molar-refractivity contribution is 6.32. The first-order valence-electron chi connectivity index (χ1n) is 7.74. The van der Waals surface area contributed by atoms with Crippen molar-refractivity contribution in [3.8, 4) is 5.88 Å². The fraction of sp³-hybridized carbons (Fsp3) is 0.222. The minimum Gasteiger partial charge on any atom is -0.474 e. The van der Waals surface area contributed by atoms with Crippen LogP contribution in [0.25, 0.3) is 6.08 Å². The van der Waals surface area contributed by atoms with Crippen molar-refractivity contribution in [3.05, 3.63) is 58.8 Å². The van der Waals surface area contributed by atoms with Gasteiger partial charge >= 0.3 is 6.18 Å². The summed E-state index contributed by atoms with van der Waals surface area (Å²) in [6.45, 7) is 0.587. The molecule has 0 aliphatic heterocycles. The minimum absolute atomic E-state index is 0.0735. The quantitative estimate of drug-likeness (QED) is 0.551. The zero-order valence-electron chi connectivity index (χ0n) is 14.2. The third-order valence-electron chi connectivity index (χ3n) is 3.29. The topological polar surface area (TPSA) is 60.5 Å². The molecule has 1 heterocycles. The Kier molecular flexibility index (Phi) is 7.20. The lowest BCUT2D eigenvalue weighted by molar-refractivity contribution is -0.137. The molecule has 0 bridgehead atoms. The number of alkyl halides is 3. The van der Waals surface area contributed by atoms with Crippen LogP contribution in [0.3, 0.4) is 0 Å². The van der Waals surface area contributed by atoms with E-state index in [9.17, 15) is 18.0 Å². The predicted molar refractivity (Wildman–Crippen MR) is 95.7 cm³/mol. The second-order valence-corrected chi connectivity index (χ2v) is 5.66. The summed E-state index contributed by atoms with van der Waals surface area (Å²) in [5.74, 6) is -0.374. The van der Waals surface area contributed by atoms with Gasteiger partial charge in [0.1, 0.15) is 12.3 Å². The van der Waals surface area contributed by atoms with Crippen LogP contribution >= 0.6 is 11.6 Å². The Morgan fingerprint density at radius 3 is 2.78 bits per heavy atom. The van der Waals surface area contributed by atoms with E-state index in [2.05, 4.69) is 10.3 Å². The minimum atomic E-state index is -4.50. The number of amides is 1. The number of anilines is 1. The molecule has 144 valence electrons. The summed E-state index contributed by atoms with van der Waals surface area (Å²) >= 11 is 5.89. The van der Waals surface area contributed by atoms with Crippen molar-refractivity contribution in [1.82, 2.24) is 4.98 Å². The molecular weight excluding hydrogens is 385 g/mol. The van der Waals surface area contributed by atoms with Crippen molar-refractivity contribution in [2.75, 3.05) is 25.6 Å². The van der Waals surface area contributed by atoms with Crippen LogP contribution in [-0.4, -0.2) is 31.2 Å². The molecule has 0 aliphatic carbocycles. The molecule has 0 saturated carbocycles. The van der Waals surface area contributed by atoms with Crippen LogP contribution in [0.15, 0.2) is 42.6 Å². The maximum Gasteiger partial charge on any atom is 0.416 e. The van der Waals surface area contributed by atoms with E-state index in [4.69, 9.17) is 21.1 Å². The molecule has 0 unspecified atom stereocenters. The average molecular weight is 401 g/mol. The van der Waals surface area contributed by atoms with Crippen molar-refractivity contribution in [3.63, 3.8) is 0 Å². The van der Waals surface area contributed by atoms with Gasteiger partial charge in [-0.25, -0.2) is 4.98 Å². The lowest BCUT2D eigenvalue weighted by atomic mass is 10.1. The van der Waals surface area contributed by atoms with Crippen molar-refractivity contribution in [2.24, 2.45) is 0 Å². The van der Waals surface area contributed by atoms with Gasteiger partial charge in [0, 0.05) is 24.4 Å². The standard InChI is InChI=1S/C18H16ClF3N2O3/c1-26-9-10-27-17-15(3-2-8-23-17)24-16(25)7-4-12-11-13(18(20,21)22)5-6-14(12)19/h2-8,11H,9-10H2,1H3,(H,24,25)/b7-4+. The third kappa shape index (κ3) is 6.26. The number of hydrogen-bond acceptors (Lipinski definition) is 4. The van der Waals surface area contributed by atoms with Crippen molar-refractivity contribution < 1.29 is 27.4 Å². The van der Waals surface area contributed by atoms with Gasteiger partial charge in [-0.05, 0) is 42.0 Å². The summed E-state index contributed by atoms with van der Waals surface area (Å²) in [6.07, 6.45) is -0.725. The molecule has 27 heavy (non-hydrogen) atoms. The van der Waals surface area contributed by atoms with Crippen LogP contribution in [0, 0.1) is 0 Å². The van der Waals surface area contributed by atoms with Gasteiger partial charge in [-0.1, -0.05) is 11.6 Å². The van der Waals surface area contributed by atoms with E-state index >= 15 is 0 Å². The highest BCUT2D eigenvalue weighted by atomic mass is 35.5. The third-order valence-corrected chi connectivity index (χ3v) is 3.64. The number of halogens is 4. The smallest absolute Gasteiger partial charge is 0.416 e. The second kappa shape index (κ2) is 9.38. The number of pyridine rings is 1. The van der Waals surface area contributed by atoms with Crippen LogP contribution in [-0.2, 0) is 15.7 Å². The molecule has 1 N–H and O–H groups in total. The number of carbonyl (C=O) groups excluding carboxylic acids is 1. The monoisotopic (exact) mass is 400 g/mol. The molecule has 9 heteroatoms. The van der Waals surface area contributed by atoms with Crippen molar-refractivity contribution in [2.45, 2.75) is 6.18 Å². The summed E-state index contributed by atoms with van der Waals surface area (Å²) < 4.78 is 48.6. The summed E-state index contributed by atoms with van der Waals surface area (Å²) in [7, 11) is 1.52. The van der Waals surface area contributed by atoms with E-state index in [1.807, 2.05) is 0 Å². The molecule has 0 atom stereocenters. The summed E-state index contributed by atoms with van der Waals surface area (Å²) in [6, 6.07) is 6.06. The van der Waals surface area contributed by atoms with Gasteiger partial charge in [0.2, 0.25) is 11.8 Å². The Morgan fingerprint density at radius 1 is 1.30 bits per heavy atom. The molecule has 0 saturated heterocycles. The van der Waals surface area contributed by atoms with Crippen LogP contribution < -0.4 is 10.1 Å². The van der Waals surface area contributed by atoms with Crippen molar-refractivity contribution in [1.29, 1.82) is 0 Å². The van der Waals surface area contributed by atoms with Gasteiger partial charge in [0.15, 0.2) is 0 Å². The zero-order chi connectivity index (χ0) is 19.9. The molecule has 0 fully saturated rings. The Balaban J connectivity index is 2.10. The number of ether oxygens (including phenoxy) is 2. The lowest BCUT2D eigenvalue weighted by Gasteiger charge is -2.10. The number of benzene rings is 1. The molecule has 2 aromatic rings. The van der Waals surface area contributed by atoms with E-state index < -0.39 is 17.6 Å². The van der Waals surface area contributed by atoms with E-state index in [1.54, 1.807) is 12.1 Å². The number of carbonyl (C=O) groups is 1. The number of aromatic nitrogens is 1. The number of nitrogens with one attached hydrogen (secondary N) is 1. The van der Waals surface area contributed by atoms with Gasteiger partial charge in [-0.15, -0.1) is 0 Å². The first-order valence-corrected chi connectivity index (χ1v) is 8.11. The Hall–Kier alpha value is -2.58. The van der Waals surface area contributed by atoms with Crippen LogP contribution in [0.4, 0.5) is 18.9 Å². The van der Waals surface area contributed by atoms with Gasteiger partial charge in [-0.2, -0.15) is 13.2 Å². The Bertz CT molecular complexity index is 826. The van der Waals surface area contributed by atoms with Crippen LogP contribution in [0.2, 0.25) is 5.02 Å². The van der Waals surface area contributed by atoms with Gasteiger partial charge in [0.05, 0.1) is 12.2 Å². The fourth-order valence-corrected chi connectivity index (χ4v) is 2.19. The zero-order valence-corrected chi connectivity index (χ0v) is 15.0. The molecule has 0 radical (unpaired) electrons. The highest BCUT2D eigenvalue weighted by Gasteiger charge is 2.30. The SMILES string of the molecule is COCCOc1ncccc1NC(=O)/C=C/c1cc(C(F)(F)F)ccc1Cl. The molecule has 1 amide bonds. The first-order chi connectivity index (χ1) is 12.8. The normalized spacial score (nSPS) is 11.6. The van der Waals surface area contributed by atoms with Gasteiger partial charge in [-0.3, -0.25) is 4.79 Å². The number of nitrogens with zero attached hydrogens (tertiary/aromatic N) is 1.